The summed E-state index contributed by atoms with van der Waals surface area (Å²) in [4.78, 5) is 37.1. The van der Waals surface area contributed by atoms with Gasteiger partial charge in [-0.1, -0.05) is 0 Å². The van der Waals surface area contributed by atoms with Crippen LogP contribution in [0.1, 0.15) is 36.1 Å². The molecule has 1 rings (SSSR count). The summed E-state index contributed by atoms with van der Waals surface area (Å²) >= 11 is 1.33. The quantitative estimate of drug-likeness (QED) is 0.228. The van der Waals surface area contributed by atoms with Crippen LogP contribution in [-0.2, 0) is 4.79 Å². The Morgan fingerprint density at radius 3 is 2.41 bits per heavy atom. The van der Waals surface area contributed by atoms with E-state index < -0.39 is 0 Å². The van der Waals surface area contributed by atoms with Crippen LogP contribution in [0.25, 0.3) is 0 Å². The third kappa shape index (κ3) is 8.41. The summed E-state index contributed by atoms with van der Waals surface area (Å²) in [6.45, 7) is 10.9. The van der Waals surface area contributed by atoms with Crippen LogP contribution in [0.3, 0.4) is 0 Å². The average molecular weight is 510 g/mol. The number of guanidine groups is 1. The molecular weight excluding hydrogens is 479 g/mol. The maximum Gasteiger partial charge on any atom is 0.263 e. The molecule has 0 aromatic carbocycles. The number of thiazole rings is 1. The van der Waals surface area contributed by atoms with Crippen LogP contribution in [0, 0.1) is 6.92 Å². The van der Waals surface area contributed by atoms with Gasteiger partial charge in [0.15, 0.2) is 5.96 Å². The van der Waals surface area contributed by atoms with Gasteiger partial charge >= 0.3 is 0 Å². The van der Waals surface area contributed by atoms with Gasteiger partial charge in [-0.2, -0.15) is 0 Å². The number of hydrogen-bond donors (Lipinski definition) is 2. The van der Waals surface area contributed by atoms with Crippen molar-refractivity contribution in [3.63, 3.8) is 0 Å². The molecule has 8 nitrogen and oxygen atoms in total. The fourth-order valence-corrected chi connectivity index (χ4v) is 3.07. The number of aryl methyl sites for hydroxylation is 1. The first-order chi connectivity index (χ1) is 12.4. The Morgan fingerprint density at radius 1 is 1.22 bits per heavy atom. The third-order valence-corrected chi connectivity index (χ3v) is 4.72. The Balaban J connectivity index is 0.00000676. The highest BCUT2D eigenvalue weighted by Crippen LogP contribution is 2.11. The Hall–Kier alpha value is -1.43. The minimum Gasteiger partial charge on any atom is -0.357 e. The number of hydrogen-bond acceptors (Lipinski definition) is 5. The maximum atomic E-state index is 12.2. The number of amides is 2. The van der Waals surface area contributed by atoms with E-state index in [2.05, 4.69) is 20.6 Å². The number of aliphatic imine (C=N–C) groups is 1. The van der Waals surface area contributed by atoms with Gasteiger partial charge in [0.05, 0.1) is 24.3 Å². The standard InChI is InChI=1S/C17H30N6O2S.HI/c1-6-18-17(22(5)11-14(24)23(7-2)8-3)20-10-9-19-16(25)15-13(4)21-12-26-15;/h12H,6-11H2,1-5H3,(H,18,20)(H,19,25);1H. The third-order valence-electron chi connectivity index (χ3n) is 3.80. The minimum atomic E-state index is -0.129. The first-order valence-corrected chi connectivity index (χ1v) is 9.77. The fourth-order valence-electron chi connectivity index (χ4n) is 2.36. The fraction of sp³-hybridized carbons (Fsp3) is 0.647. The van der Waals surface area contributed by atoms with Crippen LogP contribution in [0.15, 0.2) is 10.5 Å². The largest absolute Gasteiger partial charge is 0.357 e. The summed E-state index contributed by atoms with van der Waals surface area (Å²) < 4.78 is 0. The molecule has 0 aliphatic rings. The maximum absolute atomic E-state index is 12.2. The zero-order valence-corrected chi connectivity index (χ0v) is 19.9. The highest BCUT2D eigenvalue weighted by Gasteiger charge is 2.15. The Bertz CT molecular complexity index is 618. The molecule has 0 saturated carbocycles. The van der Waals surface area contributed by atoms with Gasteiger partial charge in [0.1, 0.15) is 4.88 Å². The van der Waals surface area contributed by atoms with Crippen molar-refractivity contribution in [2.24, 2.45) is 4.99 Å². The van der Waals surface area contributed by atoms with Crippen LogP contribution in [0.2, 0.25) is 0 Å². The number of carbonyl (C=O) groups excluding carboxylic acids is 2. The number of nitrogens with one attached hydrogen (secondary N) is 2. The molecule has 0 aliphatic carbocycles. The van der Waals surface area contributed by atoms with E-state index in [9.17, 15) is 9.59 Å². The molecule has 27 heavy (non-hydrogen) atoms. The van der Waals surface area contributed by atoms with E-state index in [1.165, 1.54) is 11.3 Å². The highest BCUT2D eigenvalue weighted by molar-refractivity contribution is 14.0. The topological polar surface area (TPSA) is 89.9 Å². The van der Waals surface area contributed by atoms with Gasteiger partial charge in [0.25, 0.3) is 5.91 Å². The van der Waals surface area contributed by atoms with Gasteiger partial charge in [0, 0.05) is 33.2 Å². The van der Waals surface area contributed by atoms with Crippen molar-refractivity contribution in [2.75, 3.05) is 46.3 Å². The minimum absolute atomic E-state index is 0. The van der Waals surface area contributed by atoms with Crippen molar-refractivity contribution >= 4 is 53.1 Å². The van der Waals surface area contributed by atoms with Crippen molar-refractivity contribution in [2.45, 2.75) is 27.7 Å². The van der Waals surface area contributed by atoms with E-state index in [0.717, 1.165) is 5.69 Å². The van der Waals surface area contributed by atoms with E-state index in [4.69, 9.17) is 0 Å². The summed E-state index contributed by atoms with van der Waals surface area (Å²) in [6, 6.07) is 0. The molecule has 2 N–H and O–H groups in total. The van der Waals surface area contributed by atoms with Gasteiger partial charge in [0.2, 0.25) is 5.91 Å². The SMILES string of the molecule is CCNC(=NCCNC(=O)c1scnc1C)N(C)CC(=O)N(CC)CC.I. The number of rotatable bonds is 9. The zero-order chi connectivity index (χ0) is 19.5. The molecule has 0 spiro atoms. The molecule has 1 heterocycles. The van der Waals surface area contributed by atoms with Crippen molar-refractivity contribution in [3.8, 4) is 0 Å². The van der Waals surface area contributed by atoms with Gasteiger partial charge < -0.3 is 20.4 Å². The van der Waals surface area contributed by atoms with Crippen molar-refractivity contribution < 1.29 is 9.59 Å². The lowest BCUT2D eigenvalue weighted by molar-refractivity contribution is -0.131. The molecule has 0 radical (unpaired) electrons. The predicted molar refractivity (Wildman–Crippen MR) is 121 cm³/mol. The molecule has 1 aromatic heterocycles. The molecule has 0 saturated heterocycles. The van der Waals surface area contributed by atoms with Crippen molar-refractivity contribution in [1.82, 2.24) is 25.4 Å². The summed E-state index contributed by atoms with van der Waals surface area (Å²) in [7, 11) is 1.84. The summed E-state index contributed by atoms with van der Waals surface area (Å²) in [5.41, 5.74) is 2.40. The number of halogens is 1. The van der Waals surface area contributed by atoms with E-state index in [1.54, 1.807) is 15.3 Å². The van der Waals surface area contributed by atoms with Gasteiger partial charge in [-0.3, -0.25) is 14.6 Å². The number of likely N-dealkylation sites (N-methyl/N-ethyl adjacent to an activating group) is 2. The highest BCUT2D eigenvalue weighted by atomic mass is 127. The molecule has 0 fully saturated rings. The first kappa shape index (κ1) is 25.6. The predicted octanol–water partition coefficient (Wildman–Crippen LogP) is 1.57. The van der Waals surface area contributed by atoms with Gasteiger partial charge in [-0.05, 0) is 27.7 Å². The number of nitrogens with zero attached hydrogens (tertiary/aromatic N) is 4. The van der Waals surface area contributed by atoms with E-state index in [0.29, 0.717) is 43.6 Å². The summed E-state index contributed by atoms with van der Waals surface area (Å²) in [5.74, 6) is 0.587. The normalized spacial score (nSPS) is 10.8. The summed E-state index contributed by atoms with van der Waals surface area (Å²) in [6.07, 6.45) is 0. The summed E-state index contributed by atoms with van der Waals surface area (Å²) in [5, 5.41) is 6.01. The smallest absolute Gasteiger partial charge is 0.263 e. The molecule has 0 unspecified atom stereocenters. The lowest BCUT2D eigenvalue weighted by Crippen LogP contribution is -2.46. The molecule has 0 bridgehead atoms. The number of carbonyl (C=O) groups is 2. The van der Waals surface area contributed by atoms with Crippen LogP contribution in [-0.4, -0.2) is 78.9 Å². The molecule has 2 amide bonds. The molecule has 0 aliphatic heterocycles. The average Bonchev–Trinajstić information content (AvgIpc) is 3.04. The monoisotopic (exact) mass is 510 g/mol. The van der Waals surface area contributed by atoms with E-state index >= 15 is 0 Å². The number of aromatic nitrogens is 1. The molecule has 154 valence electrons. The van der Waals surface area contributed by atoms with E-state index in [-0.39, 0.29) is 42.3 Å². The molecule has 1 aromatic rings. The lowest BCUT2D eigenvalue weighted by atomic mass is 10.4. The zero-order valence-electron chi connectivity index (χ0n) is 16.7. The van der Waals surface area contributed by atoms with Crippen LogP contribution in [0.4, 0.5) is 0 Å². The second-order valence-corrected chi connectivity index (χ2v) is 6.54. The van der Waals surface area contributed by atoms with Crippen molar-refractivity contribution in [1.29, 1.82) is 0 Å². The van der Waals surface area contributed by atoms with E-state index in [1.807, 2.05) is 34.7 Å². The van der Waals surface area contributed by atoms with Gasteiger partial charge in [-0.15, -0.1) is 35.3 Å². The molecule has 0 atom stereocenters. The molecular formula is C17H31IN6O2S. The van der Waals surface area contributed by atoms with Crippen LogP contribution >= 0.6 is 35.3 Å². The lowest BCUT2D eigenvalue weighted by Gasteiger charge is -2.25. The van der Waals surface area contributed by atoms with Crippen LogP contribution in [0.5, 0.6) is 0 Å². The molecule has 10 heteroatoms. The van der Waals surface area contributed by atoms with Gasteiger partial charge in [-0.25, -0.2) is 4.98 Å². The first-order valence-electron chi connectivity index (χ1n) is 8.89. The second-order valence-electron chi connectivity index (χ2n) is 5.68. The van der Waals surface area contributed by atoms with Crippen LogP contribution < -0.4 is 10.6 Å². The Kier molecular flexibility index (Phi) is 13.0. The van der Waals surface area contributed by atoms with Crippen molar-refractivity contribution in [3.05, 3.63) is 16.1 Å². The Morgan fingerprint density at radius 2 is 1.89 bits per heavy atom. The Labute approximate surface area is 182 Å². The second kappa shape index (κ2) is 13.7.